The lowest BCUT2D eigenvalue weighted by Gasteiger charge is -2.08. The second-order valence-corrected chi connectivity index (χ2v) is 3.69. The fourth-order valence-corrected chi connectivity index (χ4v) is 1.66. The molecule has 0 saturated heterocycles. The molecule has 0 bridgehead atoms. The number of benzene rings is 2. The lowest BCUT2D eigenvalue weighted by Crippen LogP contribution is -1.95. The van der Waals surface area contributed by atoms with E-state index in [9.17, 15) is 9.50 Å². The van der Waals surface area contributed by atoms with Crippen molar-refractivity contribution in [2.24, 2.45) is 0 Å². The first-order valence-corrected chi connectivity index (χ1v) is 4.93. The molecule has 16 heavy (non-hydrogen) atoms. The number of halogens is 1. The van der Waals surface area contributed by atoms with Crippen molar-refractivity contribution in [3.8, 4) is 16.9 Å². The van der Waals surface area contributed by atoms with E-state index < -0.39 is 0 Å². The monoisotopic (exact) mass is 217 g/mol. The zero-order valence-electron chi connectivity index (χ0n) is 8.87. The summed E-state index contributed by atoms with van der Waals surface area (Å²) in [5.41, 5.74) is 7.79. The van der Waals surface area contributed by atoms with Crippen molar-refractivity contribution in [3.05, 3.63) is 47.8 Å². The highest BCUT2D eigenvalue weighted by Crippen LogP contribution is 2.28. The molecular formula is C13H12FNO. The first-order chi connectivity index (χ1) is 7.59. The molecule has 0 atom stereocenters. The van der Waals surface area contributed by atoms with Gasteiger partial charge in [-0.2, -0.15) is 0 Å². The maximum absolute atomic E-state index is 13.6. The van der Waals surface area contributed by atoms with Crippen LogP contribution in [0.5, 0.6) is 5.75 Å². The summed E-state index contributed by atoms with van der Waals surface area (Å²) in [6, 6.07) is 9.96. The third-order valence-electron chi connectivity index (χ3n) is 2.59. The van der Waals surface area contributed by atoms with Crippen molar-refractivity contribution in [1.29, 1.82) is 0 Å². The number of nitrogens with two attached hydrogens (primary N) is 1. The van der Waals surface area contributed by atoms with Crippen molar-refractivity contribution >= 4 is 5.69 Å². The Hall–Kier alpha value is -2.03. The molecule has 0 unspecified atom stereocenters. The molecule has 2 aromatic carbocycles. The SMILES string of the molecule is Cc1c(-c2ccc(O)cc2)ccc(N)c1F. The quantitative estimate of drug-likeness (QED) is 0.721. The molecule has 2 nitrogen and oxygen atoms in total. The van der Waals surface area contributed by atoms with E-state index >= 15 is 0 Å². The molecule has 2 rings (SSSR count). The Balaban J connectivity index is 2.57. The summed E-state index contributed by atoms with van der Waals surface area (Å²) >= 11 is 0. The topological polar surface area (TPSA) is 46.2 Å². The number of hydrogen-bond donors (Lipinski definition) is 2. The zero-order valence-corrected chi connectivity index (χ0v) is 8.87. The van der Waals surface area contributed by atoms with Crippen LogP contribution < -0.4 is 5.73 Å². The molecule has 2 aromatic rings. The number of aromatic hydroxyl groups is 1. The van der Waals surface area contributed by atoms with E-state index in [1.807, 2.05) is 0 Å². The van der Waals surface area contributed by atoms with Gasteiger partial charge >= 0.3 is 0 Å². The summed E-state index contributed by atoms with van der Waals surface area (Å²) < 4.78 is 13.6. The number of phenolic OH excluding ortho intramolecular Hbond substituents is 1. The molecular weight excluding hydrogens is 205 g/mol. The second kappa shape index (κ2) is 3.85. The number of phenols is 1. The average Bonchev–Trinajstić information content (AvgIpc) is 2.28. The average molecular weight is 217 g/mol. The van der Waals surface area contributed by atoms with Crippen molar-refractivity contribution in [1.82, 2.24) is 0 Å². The number of rotatable bonds is 1. The van der Waals surface area contributed by atoms with Gasteiger partial charge in [0.2, 0.25) is 0 Å². The number of nitrogen functional groups attached to an aromatic ring is 1. The number of anilines is 1. The van der Waals surface area contributed by atoms with Crippen LogP contribution in [0.2, 0.25) is 0 Å². The predicted molar refractivity (Wildman–Crippen MR) is 62.7 cm³/mol. The summed E-state index contributed by atoms with van der Waals surface area (Å²) in [6.45, 7) is 1.69. The van der Waals surface area contributed by atoms with E-state index in [4.69, 9.17) is 5.73 Å². The maximum Gasteiger partial charge on any atom is 0.149 e. The highest BCUT2D eigenvalue weighted by molar-refractivity contribution is 5.70. The van der Waals surface area contributed by atoms with Gasteiger partial charge in [-0.1, -0.05) is 18.2 Å². The fraction of sp³-hybridized carbons (Fsp3) is 0.0769. The zero-order chi connectivity index (χ0) is 11.7. The third kappa shape index (κ3) is 1.72. The minimum absolute atomic E-state index is 0.153. The Labute approximate surface area is 93.2 Å². The summed E-state index contributed by atoms with van der Waals surface area (Å²) in [6.07, 6.45) is 0. The van der Waals surface area contributed by atoms with Gasteiger partial charge in [0, 0.05) is 0 Å². The maximum atomic E-state index is 13.6. The largest absolute Gasteiger partial charge is 0.508 e. The lowest BCUT2D eigenvalue weighted by atomic mass is 9.99. The molecule has 0 aliphatic rings. The van der Waals surface area contributed by atoms with E-state index in [-0.39, 0.29) is 17.3 Å². The molecule has 0 heterocycles. The van der Waals surface area contributed by atoms with E-state index in [0.717, 1.165) is 11.1 Å². The van der Waals surface area contributed by atoms with Crippen LogP contribution in [0.15, 0.2) is 36.4 Å². The molecule has 82 valence electrons. The van der Waals surface area contributed by atoms with Crippen molar-refractivity contribution in [2.75, 3.05) is 5.73 Å². The smallest absolute Gasteiger partial charge is 0.149 e. The van der Waals surface area contributed by atoms with Crippen molar-refractivity contribution in [3.63, 3.8) is 0 Å². The van der Waals surface area contributed by atoms with Crippen LogP contribution in [0, 0.1) is 12.7 Å². The summed E-state index contributed by atoms with van der Waals surface area (Å²) in [7, 11) is 0. The Morgan fingerprint density at radius 3 is 2.31 bits per heavy atom. The van der Waals surface area contributed by atoms with Crippen LogP contribution in [0.4, 0.5) is 10.1 Å². The molecule has 3 N–H and O–H groups in total. The minimum Gasteiger partial charge on any atom is -0.508 e. The van der Waals surface area contributed by atoms with Gasteiger partial charge in [0.1, 0.15) is 11.6 Å². The van der Waals surface area contributed by atoms with Crippen molar-refractivity contribution < 1.29 is 9.50 Å². The van der Waals surface area contributed by atoms with Gasteiger partial charge in [0.25, 0.3) is 0 Å². The Kier molecular flexibility index (Phi) is 2.52. The van der Waals surface area contributed by atoms with Crippen LogP contribution >= 0.6 is 0 Å². The predicted octanol–water partition coefficient (Wildman–Crippen LogP) is 3.09. The van der Waals surface area contributed by atoms with Gasteiger partial charge in [0.15, 0.2) is 0 Å². The normalized spacial score (nSPS) is 10.4. The van der Waals surface area contributed by atoms with E-state index in [1.165, 1.54) is 0 Å². The molecule has 0 saturated carbocycles. The van der Waals surface area contributed by atoms with Crippen molar-refractivity contribution in [2.45, 2.75) is 6.92 Å². The molecule has 0 aromatic heterocycles. The highest BCUT2D eigenvalue weighted by atomic mass is 19.1. The first kappa shape index (κ1) is 10.5. The van der Waals surface area contributed by atoms with Gasteiger partial charge in [-0.25, -0.2) is 4.39 Å². The van der Waals surface area contributed by atoms with Gasteiger partial charge in [-0.05, 0) is 41.8 Å². The summed E-state index contributed by atoms with van der Waals surface area (Å²) in [4.78, 5) is 0. The molecule has 0 amide bonds. The molecule has 0 aliphatic carbocycles. The van der Waals surface area contributed by atoms with Gasteiger partial charge in [-0.15, -0.1) is 0 Å². The summed E-state index contributed by atoms with van der Waals surface area (Å²) in [5.74, 6) is -0.192. The Bertz CT molecular complexity index is 520. The van der Waals surface area contributed by atoms with E-state index in [1.54, 1.807) is 43.3 Å². The second-order valence-electron chi connectivity index (χ2n) is 3.69. The molecule has 3 heteroatoms. The van der Waals surface area contributed by atoms with Gasteiger partial charge in [-0.3, -0.25) is 0 Å². The summed E-state index contributed by atoms with van der Waals surface area (Å²) in [5, 5.41) is 9.18. The van der Waals surface area contributed by atoms with Gasteiger partial charge in [0.05, 0.1) is 5.69 Å². The van der Waals surface area contributed by atoms with E-state index in [2.05, 4.69) is 0 Å². The third-order valence-corrected chi connectivity index (χ3v) is 2.59. The fourth-order valence-electron chi connectivity index (χ4n) is 1.66. The Morgan fingerprint density at radius 1 is 1.06 bits per heavy atom. The minimum atomic E-state index is -0.384. The van der Waals surface area contributed by atoms with Crippen LogP contribution in [-0.2, 0) is 0 Å². The van der Waals surface area contributed by atoms with Crippen LogP contribution in [-0.4, -0.2) is 5.11 Å². The Morgan fingerprint density at radius 2 is 1.69 bits per heavy atom. The lowest BCUT2D eigenvalue weighted by molar-refractivity contribution is 0.475. The van der Waals surface area contributed by atoms with Gasteiger partial charge < -0.3 is 10.8 Å². The van der Waals surface area contributed by atoms with Crippen LogP contribution in [0.1, 0.15) is 5.56 Å². The molecule has 0 radical (unpaired) electrons. The molecule has 0 spiro atoms. The highest BCUT2D eigenvalue weighted by Gasteiger charge is 2.08. The number of hydrogen-bond acceptors (Lipinski definition) is 2. The van der Waals surface area contributed by atoms with E-state index in [0.29, 0.717) is 5.56 Å². The first-order valence-electron chi connectivity index (χ1n) is 4.93. The van der Waals surface area contributed by atoms with Crippen LogP contribution in [0.25, 0.3) is 11.1 Å². The molecule has 0 fully saturated rings. The standard InChI is InChI=1S/C13H12FNO/c1-8-11(6-7-12(15)13(8)14)9-2-4-10(16)5-3-9/h2-7,16H,15H2,1H3. The molecule has 0 aliphatic heterocycles. The van der Waals surface area contributed by atoms with Crippen LogP contribution in [0.3, 0.4) is 0 Å².